The molecule has 236 valence electrons. The summed E-state index contributed by atoms with van der Waals surface area (Å²) >= 11 is 2.99. The first-order chi connectivity index (χ1) is 23.5. The van der Waals surface area contributed by atoms with Gasteiger partial charge < -0.3 is 30.0 Å². The number of nitrogens with zero attached hydrogens (tertiary/aromatic N) is 2. The van der Waals surface area contributed by atoms with E-state index >= 15 is 0 Å². The lowest BCUT2D eigenvalue weighted by molar-refractivity contribution is -0.353. The number of thiazole rings is 2. The van der Waals surface area contributed by atoms with E-state index in [9.17, 15) is 9.59 Å². The van der Waals surface area contributed by atoms with Crippen LogP contribution in [0.3, 0.4) is 0 Å². The molecule has 0 saturated heterocycles. The van der Waals surface area contributed by atoms with Gasteiger partial charge in [0.25, 0.3) is 0 Å². The first-order valence-corrected chi connectivity index (χ1v) is 16.7. The van der Waals surface area contributed by atoms with Gasteiger partial charge in [-0.25, -0.2) is 9.98 Å². The van der Waals surface area contributed by atoms with E-state index in [2.05, 4.69) is 20.3 Å². The molecule has 0 spiro atoms. The van der Waals surface area contributed by atoms with Crippen LogP contribution in [0, 0.1) is 0 Å². The highest BCUT2D eigenvalue weighted by Crippen LogP contribution is 2.48. The van der Waals surface area contributed by atoms with E-state index in [0.29, 0.717) is 57.5 Å². The average Bonchev–Trinajstić information content (AvgIpc) is 3.78. The third kappa shape index (κ3) is 4.58. The van der Waals surface area contributed by atoms with Crippen molar-refractivity contribution in [1.29, 1.82) is 0 Å². The minimum Gasteiger partial charge on any atom is -0.697 e. The van der Waals surface area contributed by atoms with E-state index in [4.69, 9.17) is 24.7 Å². The van der Waals surface area contributed by atoms with Crippen molar-refractivity contribution in [3.63, 3.8) is 0 Å². The number of ether oxygens (including phenoxy) is 4. The number of ketones is 2. The largest absolute Gasteiger partial charge is 0.697 e. The highest BCUT2D eigenvalue weighted by Gasteiger charge is 2.39. The summed E-state index contributed by atoms with van der Waals surface area (Å²) in [5.41, 5.74) is 12.3. The van der Waals surface area contributed by atoms with Gasteiger partial charge in [-0.2, -0.15) is 0 Å². The summed E-state index contributed by atoms with van der Waals surface area (Å²) in [5.74, 6) is -0.281. The number of rotatable bonds is 4. The zero-order valence-electron chi connectivity index (χ0n) is 24.9. The maximum atomic E-state index is 13.7. The Morgan fingerprint density at radius 1 is 0.708 bits per heavy atom. The van der Waals surface area contributed by atoms with Gasteiger partial charge >= 0.3 is 5.13 Å². The van der Waals surface area contributed by atoms with Gasteiger partial charge in [0.15, 0.2) is 33.6 Å². The molecule has 2 aromatic heterocycles. The van der Waals surface area contributed by atoms with Gasteiger partial charge in [-0.3, -0.25) is 9.59 Å². The van der Waals surface area contributed by atoms with Crippen LogP contribution in [0.2, 0.25) is 0 Å². The summed E-state index contributed by atoms with van der Waals surface area (Å²) in [5, 5.41) is 4.64. The first-order valence-electron chi connectivity index (χ1n) is 15.1. The molecule has 9 rings (SSSR count). The number of carbonyl (C=O) groups excluding carboxylic acids is 2. The summed E-state index contributed by atoms with van der Waals surface area (Å²) in [6, 6.07) is 19.1. The topological polar surface area (TPSA) is 147 Å². The Labute approximate surface area is 280 Å². The molecule has 4 heterocycles. The van der Waals surface area contributed by atoms with Crippen molar-refractivity contribution >= 4 is 81.9 Å². The Kier molecular flexibility index (Phi) is 6.62. The number of fused-ring (bicyclic) bond motifs is 3. The van der Waals surface area contributed by atoms with Crippen LogP contribution >= 0.6 is 22.7 Å². The lowest BCUT2D eigenvalue weighted by atomic mass is 9.96. The molecule has 0 unspecified atom stereocenters. The quantitative estimate of drug-likeness (QED) is 0.191. The Bertz CT molecular complexity index is 2330. The van der Waals surface area contributed by atoms with Crippen molar-refractivity contribution < 1.29 is 33.5 Å². The third-order valence-corrected chi connectivity index (χ3v) is 10.1. The van der Waals surface area contributed by atoms with E-state index in [-0.39, 0.29) is 41.6 Å². The van der Waals surface area contributed by atoms with E-state index in [1.54, 1.807) is 24.3 Å². The molecule has 11 nitrogen and oxygen atoms in total. The molecule has 0 amide bonds. The Hall–Kier alpha value is -5.79. The highest BCUT2D eigenvalue weighted by molar-refractivity contribution is 7.22. The summed E-state index contributed by atoms with van der Waals surface area (Å²) < 4.78 is 26.2. The van der Waals surface area contributed by atoms with Gasteiger partial charge in [0.2, 0.25) is 17.3 Å². The second-order valence-corrected chi connectivity index (χ2v) is 13.1. The van der Waals surface area contributed by atoms with Crippen molar-refractivity contribution in [3.8, 4) is 11.5 Å². The fourth-order valence-electron chi connectivity index (χ4n) is 6.04. The van der Waals surface area contributed by atoms with E-state index in [0.717, 1.165) is 20.4 Å². The Morgan fingerprint density at radius 2 is 1.38 bits per heavy atom. The monoisotopic (exact) mass is 673 g/mol. The molecule has 0 fully saturated rings. The van der Waals surface area contributed by atoms with Crippen LogP contribution in [-0.2, 0) is 19.1 Å². The summed E-state index contributed by atoms with van der Waals surface area (Å²) in [7, 11) is 0. The van der Waals surface area contributed by atoms with Gasteiger partial charge in [-0.05, 0) is 64.9 Å². The lowest BCUT2D eigenvalue weighted by Crippen LogP contribution is -2.67. The van der Waals surface area contributed by atoms with Gasteiger partial charge in [0.05, 0.1) is 20.6 Å². The van der Waals surface area contributed by atoms with E-state index < -0.39 is 11.6 Å². The number of anilines is 2. The van der Waals surface area contributed by atoms with E-state index in [1.807, 2.05) is 48.5 Å². The molecule has 0 radical (unpaired) electrons. The summed E-state index contributed by atoms with van der Waals surface area (Å²) in [6.45, 7) is 1.07. The molecule has 13 heteroatoms. The van der Waals surface area contributed by atoms with Crippen molar-refractivity contribution in [2.24, 2.45) is 0 Å². The molecule has 5 aromatic rings. The zero-order chi connectivity index (χ0) is 32.4. The number of allylic oxidation sites excluding steroid dienone is 4. The second kappa shape index (κ2) is 11.2. The lowest BCUT2D eigenvalue weighted by Gasteiger charge is -2.26. The van der Waals surface area contributed by atoms with Gasteiger partial charge in [-0.1, -0.05) is 35.6 Å². The predicted molar refractivity (Wildman–Crippen MR) is 182 cm³/mol. The maximum absolute atomic E-state index is 13.7. The Morgan fingerprint density at radius 3 is 2.15 bits per heavy atom. The summed E-state index contributed by atoms with van der Waals surface area (Å²) in [4.78, 5) is 39.9. The molecule has 2 aliphatic carbocycles. The van der Waals surface area contributed by atoms with Crippen molar-refractivity contribution in [3.05, 3.63) is 112 Å². The van der Waals surface area contributed by atoms with Crippen LogP contribution in [0.4, 0.5) is 16.0 Å². The number of benzene rings is 3. The molecule has 3 N–H and O–H groups in total. The highest BCUT2D eigenvalue weighted by atomic mass is 32.1. The van der Waals surface area contributed by atoms with Crippen LogP contribution in [0.25, 0.3) is 31.7 Å². The smallest absolute Gasteiger partial charge is 0.381 e. The molecular weight excluding hydrogens is 651 g/mol. The maximum Gasteiger partial charge on any atom is 0.381 e. The van der Waals surface area contributed by atoms with Gasteiger partial charge in [-0.15, -0.1) is 5.70 Å². The fourth-order valence-corrected chi connectivity index (χ4v) is 7.80. The van der Waals surface area contributed by atoms with Crippen molar-refractivity contribution in [1.82, 2.24) is 9.97 Å². The van der Waals surface area contributed by atoms with Gasteiger partial charge in [0, 0.05) is 22.3 Å². The number of nitrogens with one attached hydrogen (secondary N) is 3. The number of Topliss-reactive ketones (excluding diaryl/α,β-unsaturated/α-hetero) is 2. The molecule has 2 aliphatic heterocycles. The SMILES string of the molecule is [NH-]C1=C(c2ccc(Nc3nc4ccccc4s3)c3c2OCCO3)C(=O)C(=O)/C1=C1/C=CC(=[NH+]c2nc3ccccc3s2)C2=C1OCCO2. The average molecular weight is 674 g/mol. The second-order valence-electron chi connectivity index (χ2n) is 11.0. The Balaban J connectivity index is 1.12. The minimum absolute atomic E-state index is 0.0644. The van der Waals surface area contributed by atoms with Crippen LogP contribution in [0.5, 0.6) is 11.5 Å². The molecule has 48 heavy (non-hydrogen) atoms. The summed E-state index contributed by atoms with van der Waals surface area (Å²) in [6.07, 6.45) is 3.41. The first kappa shape index (κ1) is 28.4. The van der Waals surface area contributed by atoms with Crippen LogP contribution < -0.4 is 19.8 Å². The number of hydrogen-bond acceptors (Lipinski definition) is 11. The van der Waals surface area contributed by atoms with Crippen molar-refractivity contribution in [2.75, 3.05) is 31.7 Å². The van der Waals surface area contributed by atoms with E-state index in [1.165, 1.54) is 22.7 Å². The molecule has 0 atom stereocenters. The van der Waals surface area contributed by atoms with Gasteiger partial charge in [0.1, 0.15) is 26.4 Å². The third-order valence-electron chi connectivity index (χ3n) is 8.15. The predicted octanol–water partition coefficient (Wildman–Crippen LogP) is 5.31. The standard InChI is InChI=1S/C35H23N5O6S2/c36-27-25(17-9-11-21(32-30(17)43-13-15-45-32)39-34-37-19-5-1-3-7-23(19)47-34)28(41)29(42)26(27)18-10-12-22(33-31(18)44-14-16-46-33)40-35-38-20-6-2-4-8-24(20)48-35/h1-12H,13-16H2,(H3,36,37,38,39,40,41,42). The molecular formula is C35H23N5O6S2. The molecule has 0 bridgehead atoms. The molecule has 0 saturated carbocycles. The van der Waals surface area contributed by atoms with Crippen LogP contribution in [0.1, 0.15) is 5.56 Å². The number of carbonyl (C=O) groups is 2. The molecule has 3 aromatic carbocycles. The van der Waals surface area contributed by atoms with Crippen LogP contribution in [0.15, 0.2) is 101 Å². The van der Waals surface area contributed by atoms with Crippen LogP contribution in [-0.4, -0.2) is 53.7 Å². The normalized spacial score (nSPS) is 19.7. The molecule has 4 aliphatic rings. The number of hydrogen-bond donors (Lipinski definition) is 2. The fraction of sp³-hybridized carbons (Fsp3) is 0.114. The number of para-hydroxylation sites is 2. The minimum atomic E-state index is -0.805. The number of aromatic nitrogens is 2. The van der Waals surface area contributed by atoms with Crippen molar-refractivity contribution in [2.45, 2.75) is 0 Å². The zero-order valence-corrected chi connectivity index (χ0v) is 26.6.